The molecule has 2 N–H and O–H groups in total. The first-order chi connectivity index (χ1) is 10.5. The standard InChI is InChI=1S/C16H11BrO5/c1-22-8-4-10-14(12(19)5-8)16(21)13-9(15(10)20)2-7(6-17)3-11(13)18/h2-5,18-19H,6H2,1H3. The molecule has 0 saturated carbocycles. The maximum atomic E-state index is 12.6. The van der Waals surface area contributed by atoms with E-state index in [1.165, 1.54) is 25.3 Å². The molecule has 0 fully saturated rings. The van der Waals surface area contributed by atoms with E-state index in [4.69, 9.17) is 4.74 Å². The number of phenols is 2. The van der Waals surface area contributed by atoms with Crippen LogP contribution in [0.25, 0.3) is 0 Å². The van der Waals surface area contributed by atoms with Crippen LogP contribution in [0.5, 0.6) is 17.2 Å². The number of carbonyl (C=O) groups excluding carboxylic acids is 2. The minimum absolute atomic E-state index is 0.0699. The van der Waals surface area contributed by atoms with Gasteiger partial charge in [-0.25, -0.2) is 0 Å². The molecule has 2 aromatic carbocycles. The van der Waals surface area contributed by atoms with Gasteiger partial charge < -0.3 is 14.9 Å². The number of ether oxygens (including phenoxy) is 1. The van der Waals surface area contributed by atoms with Gasteiger partial charge in [-0.2, -0.15) is 0 Å². The first kappa shape index (κ1) is 14.6. The summed E-state index contributed by atoms with van der Waals surface area (Å²) in [5, 5.41) is 20.5. The van der Waals surface area contributed by atoms with E-state index in [-0.39, 0.29) is 39.5 Å². The zero-order valence-electron chi connectivity index (χ0n) is 11.5. The largest absolute Gasteiger partial charge is 0.507 e. The Kier molecular flexibility index (Phi) is 3.41. The maximum Gasteiger partial charge on any atom is 0.201 e. The predicted molar refractivity (Wildman–Crippen MR) is 82.3 cm³/mol. The fraction of sp³-hybridized carbons (Fsp3) is 0.125. The third kappa shape index (κ3) is 1.99. The van der Waals surface area contributed by atoms with Gasteiger partial charge in [0.25, 0.3) is 0 Å². The van der Waals surface area contributed by atoms with Gasteiger partial charge >= 0.3 is 0 Å². The van der Waals surface area contributed by atoms with Crippen LogP contribution >= 0.6 is 15.9 Å². The summed E-state index contributed by atoms with van der Waals surface area (Å²) in [5.41, 5.74) is 0.677. The van der Waals surface area contributed by atoms with Crippen LogP contribution in [0.15, 0.2) is 24.3 Å². The zero-order valence-corrected chi connectivity index (χ0v) is 13.1. The fourth-order valence-electron chi connectivity index (χ4n) is 2.59. The van der Waals surface area contributed by atoms with E-state index in [1.807, 2.05) is 0 Å². The summed E-state index contributed by atoms with van der Waals surface area (Å²) in [6, 6.07) is 5.66. The highest BCUT2D eigenvalue weighted by atomic mass is 79.9. The predicted octanol–water partition coefficient (Wildman–Crippen LogP) is 2.78. The van der Waals surface area contributed by atoms with Crippen molar-refractivity contribution in [3.8, 4) is 17.2 Å². The molecule has 0 amide bonds. The van der Waals surface area contributed by atoms with Crippen LogP contribution in [0.2, 0.25) is 0 Å². The highest BCUT2D eigenvalue weighted by molar-refractivity contribution is 9.08. The molecule has 5 nitrogen and oxygen atoms in total. The molecule has 1 aliphatic carbocycles. The number of carbonyl (C=O) groups is 2. The number of fused-ring (bicyclic) bond motifs is 2. The topological polar surface area (TPSA) is 83.8 Å². The number of halogens is 1. The highest BCUT2D eigenvalue weighted by Gasteiger charge is 2.35. The molecule has 1 aliphatic rings. The van der Waals surface area contributed by atoms with Crippen molar-refractivity contribution in [2.75, 3.05) is 7.11 Å². The van der Waals surface area contributed by atoms with Gasteiger partial charge in [-0.15, -0.1) is 0 Å². The van der Waals surface area contributed by atoms with Crippen molar-refractivity contribution in [1.82, 2.24) is 0 Å². The van der Waals surface area contributed by atoms with E-state index in [1.54, 1.807) is 6.07 Å². The lowest BCUT2D eigenvalue weighted by Gasteiger charge is -2.20. The Morgan fingerprint density at radius 2 is 1.55 bits per heavy atom. The minimum Gasteiger partial charge on any atom is -0.507 e. The van der Waals surface area contributed by atoms with E-state index in [0.717, 1.165) is 0 Å². The summed E-state index contributed by atoms with van der Waals surface area (Å²) in [6.07, 6.45) is 0. The summed E-state index contributed by atoms with van der Waals surface area (Å²) < 4.78 is 5.02. The zero-order chi connectivity index (χ0) is 16.0. The molecule has 3 rings (SSSR count). The van der Waals surface area contributed by atoms with Gasteiger partial charge in [-0.1, -0.05) is 15.9 Å². The summed E-state index contributed by atoms with van der Waals surface area (Å²) in [5.74, 6) is -1.35. The lowest BCUT2D eigenvalue weighted by molar-refractivity contribution is 0.0974. The SMILES string of the molecule is COc1cc(O)c2c(c1)C(=O)c1cc(CBr)cc(O)c1C2=O. The van der Waals surface area contributed by atoms with Gasteiger partial charge in [-0.3, -0.25) is 9.59 Å². The van der Waals surface area contributed by atoms with Crippen LogP contribution in [0.4, 0.5) is 0 Å². The second kappa shape index (κ2) is 5.14. The van der Waals surface area contributed by atoms with Crippen molar-refractivity contribution >= 4 is 27.5 Å². The summed E-state index contributed by atoms with van der Waals surface area (Å²) >= 11 is 3.25. The molecular weight excluding hydrogens is 352 g/mol. The van der Waals surface area contributed by atoms with Gasteiger partial charge in [0.1, 0.15) is 17.2 Å². The van der Waals surface area contributed by atoms with E-state index < -0.39 is 11.6 Å². The molecule has 6 heteroatoms. The number of ketones is 2. The molecule has 0 saturated heterocycles. The van der Waals surface area contributed by atoms with Gasteiger partial charge in [0.2, 0.25) is 5.78 Å². The summed E-state index contributed by atoms with van der Waals surface area (Å²) in [7, 11) is 1.40. The first-order valence-electron chi connectivity index (χ1n) is 6.40. The Labute approximate surface area is 134 Å². The molecule has 0 bridgehead atoms. The summed E-state index contributed by atoms with van der Waals surface area (Å²) in [6.45, 7) is 0. The molecule has 0 heterocycles. The van der Waals surface area contributed by atoms with E-state index >= 15 is 0 Å². The molecule has 0 aliphatic heterocycles. The summed E-state index contributed by atoms with van der Waals surface area (Å²) in [4.78, 5) is 25.2. The Balaban J connectivity index is 2.32. The Morgan fingerprint density at radius 3 is 2.14 bits per heavy atom. The molecule has 2 aromatic rings. The van der Waals surface area contributed by atoms with Gasteiger partial charge in [0.05, 0.1) is 18.2 Å². The molecule has 0 spiro atoms. The Bertz CT molecular complexity index is 760. The van der Waals surface area contributed by atoms with Crippen molar-refractivity contribution in [3.63, 3.8) is 0 Å². The normalized spacial score (nSPS) is 12.8. The number of rotatable bonds is 2. The number of alkyl halides is 1. The quantitative estimate of drug-likeness (QED) is 0.684. The van der Waals surface area contributed by atoms with Crippen LogP contribution in [0.1, 0.15) is 37.4 Å². The Hall–Kier alpha value is -2.34. The van der Waals surface area contributed by atoms with Crippen molar-refractivity contribution < 1.29 is 24.5 Å². The molecule has 0 unspecified atom stereocenters. The van der Waals surface area contributed by atoms with E-state index in [0.29, 0.717) is 10.9 Å². The van der Waals surface area contributed by atoms with Crippen LogP contribution in [-0.2, 0) is 5.33 Å². The molecular formula is C16H11BrO5. The van der Waals surface area contributed by atoms with Gasteiger partial charge in [-0.05, 0) is 23.8 Å². The third-order valence-corrected chi connectivity index (χ3v) is 4.25. The van der Waals surface area contributed by atoms with Crippen LogP contribution in [0, 0.1) is 0 Å². The number of methoxy groups -OCH3 is 1. The number of hydrogen-bond donors (Lipinski definition) is 2. The van der Waals surface area contributed by atoms with Crippen molar-refractivity contribution in [3.05, 3.63) is 52.1 Å². The molecule has 0 radical (unpaired) electrons. The lowest BCUT2D eigenvalue weighted by atomic mass is 9.82. The second-order valence-electron chi connectivity index (χ2n) is 4.90. The minimum atomic E-state index is -0.580. The van der Waals surface area contributed by atoms with Crippen LogP contribution in [0.3, 0.4) is 0 Å². The average molecular weight is 363 g/mol. The maximum absolute atomic E-state index is 12.6. The molecule has 0 atom stereocenters. The highest BCUT2D eigenvalue weighted by Crippen LogP contribution is 2.39. The molecule has 22 heavy (non-hydrogen) atoms. The molecule has 0 aromatic heterocycles. The van der Waals surface area contributed by atoms with Crippen molar-refractivity contribution in [1.29, 1.82) is 0 Å². The smallest absolute Gasteiger partial charge is 0.201 e. The molecule has 112 valence electrons. The van der Waals surface area contributed by atoms with E-state index in [9.17, 15) is 19.8 Å². The average Bonchev–Trinajstić information content (AvgIpc) is 2.50. The van der Waals surface area contributed by atoms with Gasteiger partial charge in [0, 0.05) is 22.5 Å². The van der Waals surface area contributed by atoms with E-state index in [2.05, 4.69) is 15.9 Å². The van der Waals surface area contributed by atoms with Crippen molar-refractivity contribution in [2.24, 2.45) is 0 Å². The van der Waals surface area contributed by atoms with Gasteiger partial charge in [0.15, 0.2) is 5.78 Å². The number of hydrogen-bond acceptors (Lipinski definition) is 5. The van der Waals surface area contributed by atoms with Crippen LogP contribution in [-0.4, -0.2) is 28.9 Å². The monoisotopic (exact) mass is 362 g/mol. The fourth-order valence-corrected chi connectivity index (χ4v) is 2.91. The van der Waals surface area contributed by atoms with Crippen molar-refractivity contribution in [2.45, 2.75) is 5.33 Å². The lowest BCUT2D eigenvalue weighted by Crippen LogP contribution is -2.21. The number of aromatic hydroxyl groups is 2. The number of phenolic OH excluding ortho intramolecular Hbond substituents is 2. The van der Waals surface area contributed by atoms with Crippen LogP contribution < -0.4 is 4.74 Å². The Morgan fingerprint density at radius 1 is 0.955 bits per heavy atom. The third-order valence-electron chi connectivity index (χ3n) is 3.60. The first-order valence-corrected chi connectivity index (χ1v) is 7.52. The second-order valence-corrected chi connectivity index (χ2v) is 5.46. The number of benzene rings is 2.